The summed E-state index contributed by atoms with van der Waals surface area (Å²) < 4.78 is 50.9. The maximum atomic E-state index is 13.7. The maximum Gasteiger partial charge on any atom is 0.416 e. The minimum atomic E-state index is -4.52. The molecule has 0 bridgehead atoms. The fraction of sp³-hybridized carbons (Fsp3) is 0.538. The fourth-order valence-corrected chi connectivity index (χ4v) is 2.54. The van der Waals surface area contributed by atoms with Crippen LogP contribution in [0.3, 0.4) is 0 Å². The standard InChI is InChI=1S/C13H15F4N.ClH/c14-11-7-9(13(15,16)17)5-6-10(11)12(18)8-3-1-2-4-8;/h5-8,12H,1-4,18H2;1H/t12-;/m0./s1. The van der Waals surface area contributed by atoms with Gasteiger partial charge < -0.3 is 5.73 Å². The van der Waals surface area contributed by atoms with E-state index in [9.17, 15) is 17.6 Å². The van der Waals surface area contributed by atoms with Crippen molar-refractivity contribution >= 4 is 12.4 Å². The Kier molecular flexibility index (Phi) is 5.21. The van der Waals surface area contributed by atoms with Gasteiger partial charge in [-0.2, -0.15) is 13.2 Å². The Morgan fingerprint density at radius 2 is 1.74 bits per heavy atom. The van der Waals surface area contributed by atoms with Crippen molar-refractivity contribution in [2.45, 2.75) is 37.9 Å². The lowest BCUT2D eigenvalue weighted by molar-refractivity contribution is -0.137. The van der Waals surface area contributed by atoms with E-state index in [0.29, 0.717) is 6.07 Å². The van der Waals surface area contributed by atoms with Crippen LogP contribution in [0.5, 0.6) is 0 Å². The number of rotatable bonds is 2. The third-order valence-electron chi connectivity index (χ3n) is 3.59. The molecule has 1 atom stereocenters. The van der Waals surface area contributed by atoms with Crippen molar-refractivity contribution in [3.8, 4) is 0 Å². The fourth-order valence-electron chi connectivity index (χ4n) is 2.54. The molecule has 1 saturated carbocycles. The van der Waals surface area contributed by atoms with Crippen molar-refractivity contribution < 1.29 is 17.6 Å². The van der Waals surface area contributed by atoms with Crippen molar-refractivity contribution in [2.75, 3.05) is 0 Å². The summed E-state index contributed by atoms with van der Waals surface area (Å²) in [6, 6.07) is 2.09. The first-order valence-electron chi connectivity index (χ1n) is 6.02. The normalized spacial score (nSPS) is 18.2. The average Bonchev–Trinajstić information content (AvgIpc) is 2.80. The molecule has 1 nitrogen and oxygen atoms in total. The lowest BCUT2D eigenvalue weighted by Crippen LogP contribution is -2.21. The summed E-state index contributed by atoms with van der Waals surface area (Å²) in [6.45, 7) is 0. The number of halogens is 5. The second kappa shape index (κ2) is 6.09. The predicted molar refractivity (Wildman–Crippen MR) is 67.5 cm³/mol. The average molecular weight is 298 g/mol. The summed E-state index contributed by atoms with van der Waals surface area (Å²) >= 11 is 0. The molecule has 6 heteroatoms. The molecular weight excluding hydrogens is 282 g/mol. The second-order valence-electron chi connectivity index (χ2n) is 4.80. The molecule has 0 aromatic heterocycles. The van der Waals surface area contributed by atoms with E-state index in [0.717, 1.165) is 31.7 Å². The highest BCUT2D eigenvalue weighted by atomic mass is 35.5. The third-order valence-corrected chi connectivity index (χ3v) is 3.59. The van der Waals surface area contributed by atoms with Gasteiger partial charge in [0.1, 0.15) is 5.82 Å². The van der Waals surface area contributed by atoms with Crippen LogP contribution >= 0.6 is 12.4 Å². The summed E-state index contributed by atoms with van der Waals surface area (Å²) in [4.78, 5) is 0. The van der Waals surface area contributed by atoms with Crippen LogP contribution in [0.4, 0.5) is 17.6 Å². The van der Waals surface area contributed by atoms with E-state index in [1.54, 1.807) is 0 Å². The minimum Gasteiger partial charge on any atom is -0.324 e. The molecule has 1 aliphatic rings. The Labute approximate surface area is 115 Å². The topological polar surface area (TPSA) is 26.0 Å². The molecule has 0 aliphatic heterocycles. The highest BCUT2D eigenvalue weighted by Crippen LogP contribution is 2.36. The number of hydrogen-bond donors (Lipinski definition) is 1. The number of nitrogens with two attached hydrogens (primary N) is 1. The largest absolute Gasteiger partial charge is 0.416 e. The highest BCUT2D eigenvalue weighted by Gasteiger charge is 2.32. The molecule has 1 aliphatic carbocycles. The Hall–Kier alpha value is -0.810. The maximum absolute atomic E-state index is 13.7. The summed E-state index contributed by atoms with van der Waals surface area (Å²) in [6.07, 6.45) is -0.568. The van der Waals surface area contributed by atoms with Crippen LogP contribution in [0.1, 0.15) is 42.9 Å². The van der Waals surface area contributed by atoms with Crippen molar-refractivity contribution in [2.24, 2.45) is 11.7 Å². The van der Waals surface area contributed by atoms with Crippen molar-refractivity contribution in [1.82, 2.24) is 0 Å². The number of benzene rings is 1. The van der Waals surface area contributed by atoms with Gasteiger partial charge >= 0.3 is 6.18 Å². The first-order chi connectivity index (χ1) is 8.39. The van der Waals surface area contributed by atoms with E-state index in [4.69, 9.17) is 5.73 Å². The zero-order valence-electron chi connectivity index (χ0n) is 10.2. The lowest BCUT2D eigenvalue weighted by atomic mass is 9.91. The van der Waals surface area contributed by atoms with Crippen LogP contribution < -0.4 is 5.73 Å². The molecule has 1 aromatic rings. The minimum absolute atomic E-state index is 0. The van der Waals surface area contributed by atoms with Crippen LogP contribution in [0.25, 0.3) is 0 Å². The zero-order valence-corrected chi connectivity index (χ0v) is 11.0. The van der Waals surface area contributed by atoms with Gasteiger partial charge in [-0.1, -0.05) is 18.9 Å². The molecule has 2 N–H and O–H groups in total. The number of hydrogen-bond acceptors (Lipinski definition) is 1. The Morgan fingerprint density at radius 3 is 2.21 bits per heavy atom. The predicted octanol–water partition coefficient (Wildman–Crippen LogP) is 4.46. The molecule has 2 rings (SSSR count). The van der Waals surface area contributed by atoms with Gasteiger partial charge in [0.2, 0.25) is 0 Å². The lowest BCUT2D eigenvalue weighted by Gasteiger charge is -2.20. The van der Waals surface area contributed by atoms with Crippen LogP contribution in [0.15, 0.2) is 18.2 Å². The van der Waals surface area contributed by atoms with E-state index in [-0.39, 0.29) is 23.9 Å². The molecule has 108 valence electrons. The van der Waals surface area contributed by atoms with Crippen LogP contribution in [-0.4, -0.2) is 0 Å². The van der Waals surface area contributed by atoms with Crippen molar-refractivity contribution in [1.29, 1.82) is 0 Å². The molecular formula is C13H16ClF4N. The van der Waals surface area contributed by atoms with Gasteiger partial charge in [-0.05, 0) is 30.9 Å². The Morgan fingerprint density at radius 1 is 1.16 bits per heavy atom. The number of alkyl halides is 3. The van der Waals surface area contributed by atoms with E-state index in [1.165, 1.54) is 6.07 Å². The van der Waals surface area contributed by atoms with E-state index in [1.807, 2.05) is 0 Å². The third kappa shape index (κ3) is 3.60. The summed E-state index contributed by atoms with van der Waals surface area (Å²) in [7, 11) is 0. The second-order valence-corrected chi connectivity index (χ2v) is 4.80. The highest BCUT2D eigenvalue weighted by molar-refractivity contribution is 5.85. The smallest absolute Gasteiger partial charge is 0.324 e. The molecule has 0 saturated heterocycles. The summed E-state index contributed by atoms with van der Waals surface area (Å²) in [5, 5.41) is 0. The molecule has 19 heavy (non-hydrogen) atoms. The van der Waals surface area contributed by atoms with Crippen LogP contribution in [0.2, 0.25) is 0 Å². The van der Waals surface area contributed by atoms with Gasteiger partial charge in [0.05, 0.1) is 5.56 Å². The van der Waals surface area contributed by atoms with Gasteiger partial charge in [-0.25, -0.2) is 4.39 Å². The molecule has 0 heterocycles. The van der Waals surface area contributed by atoms with E-state index in [2.05, 4.69) is 0 Å². The molecule has 1 aromatic carbocycles. The van der Waals surface area contributed by atoms with E-state index >= 15 is 0 Å². The monoisotopic (exact) mass is 297 g/mol. The van der Waals surface area contributed by atoms with Gasteiger partial charge in [-0.15, -0.1) is 12.4 Å². The molecule has 1 fully saturated rings. The van der Waals surface area contributed by atoms with Crippen molar-refractivity contribution in [3.05, 3.63) is 35.1 Å². The van der Waals surface area contributed by atoms with Crippen LogP contribution in [-0.2, 0) is 6.18 Å². The Balaban J connectivity index is 0.00000180. The molecule has 0 radical (unpaired) electrons. The quantitative estimate of drug-likeness (QED) is 0.802. The molecule has 0 unspecified atom stereocenters. The van der Waals surface area contributed by atoms with Gasteiger partial charge in [0, 0.05) is 11.6 Å². The first kappa shape index (κ1) is 16.2. The SMILES string of the molecule is Cl.N[C@H](c1ccc(C(F)(F)F)cc1F)C1CCCC1. The van der Waals surface area contributed by atoms with E-state index < -0.39 is 23.6 Å². The van der Waals surface area contributed by atoms with Gasteiger partial charge in [0.15, 0.2) is 0 Å². The van der Waals surface area contributed by atoms with Crippen molar-refractivity contribution in [3.63, 3.8) is 0 Å². The molecule has 0 amide bonds. The molecule has 0 spiro atoms. The van der Waals surface area contributed by atoms with Crippen LogP contribution in [0, 0.1) is 11.7 Å². The Bertz CT molecular complexity index is 427. The summed E-state index contributed by atoms with van der Waals surface area (Å²) in [5.41, 5.74) is 5.16. The van der Waals surface area contributed by atoms with Gasteiger partial charge in [0.25, 0.3) is 0 Å². The van der Waals surface area contributed by atoms with Gasteiger partial charge in [-0.3, -0.25) is 0 Å². The zero-order chi connectivity index (χ0) is 13.3. The summed E-state index contributed by atoms with van der Waals surface area (Å²) in [5.74, 6) is -0.680. The first-order valence-corrected chi connectivity index (χ1v) is 6.02.